The molecule has 1 aliphatic heterocycles. The van der Waals surface area contributed by atoms with Gasteiger partial charge in [0.15, 0.2) is 0 Å². The fraction of sp³-hybridized carbons (Fsp3) is 0.647. The zero-order valence-corrected chi connectivity index (χ0v) is 13.1. The molecule has 0 aliphatic carbocycles. The molecule has 118 valence electrons. The molecule has 1 fully saturated rings. The van der Waals surface area contributed by atoms with E-state index < -0.39 is 6.10 Å². The van der Waals surface area contributed by atoms with Gasteiger partial charge in [0.25, 0.3) is 0 Å². The van der Waals surface area contributed by atoms with Crippen LogP contribution in [0.15, 0.2) is 24.3 Å². The van der Waals surface area contributed by atoms with Crippen molar-refractivity contribution in [3.05, 3.63) is 29.8 Å². The summed E-state index contributed by atoms with van der Waals surface area (Å²) in [6, 6.07) is 7.77. The van der Waals surface area contributed by atoms with Gasteiger partial charge in [-0.3, -0.25) is 4.90 Å². The molecule has 21 heavy (non-hydrogen) atoms. The van der Waals surface area contributed by atoms with Crippen LogP contribution in [0.5, 0.6) is 5.75 Å². The van der Waals surface area contributed by atoms with Crippen molar-refractivity contribution in [2.45, 2.75) is 38.9 Å². The summed E-state index contributed by atoms with van der Waals surface area (Å²) in [5, 5.41) is 10.4. The van der Waals surface area contributed by atoms with Gasteiger partial charge in [0.1, 0.15) is 5.75 Å². The number of aliphatic hydroxyl groups is 1. The van der Waals surface area contributed by atoms with E-state index in [1.807, 2.05) is 24.3 Å². The van der Waals surface area contributed by atoms with E-state index in [9.17, 15) is 5.11 Å². The van der Waals surface area contributed by atoms with Gasteiger partial charge in [-0.2, -0.15) is 0 Å². The van der Waals surface area contributed by atoms with E-state index in [-0.39, 0.29) is 6.10 Å². The van der Waals surface area contributed by atoms with Gasteiger partial charge in [0, 0.05) is 26.2 Å². The summed E-state index contributed by atoms with van der Waals surface area (Å²) in [4.78, 5) is 2.28. The Bertz CT molecular complexity index is 407. The molecule has 2 unspecified atom stereocenters. The van der Waals surface area contributed by atoms with E-state index in [0.717, 1.165) is 50.5 Å². The SMILES string of the molecule is CCCOc1ccc(C(O)CN2CCCOC(C)C2)cc1. The zero-order valence-electron chi connectivity index (χ0n) is 13.1. The summed E-state index contributed by atoms with van der Waals surface area (Å²) in [5.74, 6) is 0.865. The Kier molecular flexibility index (Phi) is 6.49. The van der Waals surface area contributed by atoms with Crippen molar-refractivity contribution in [3.8, 4) is 5.75 Å². The van der Waals surface area contributed by atoms with Crippen LogP contribution < -0.4 is 4.74 Å². The molecule has 2 atom stereocenters. The van der Waals surface area contributed by atoms with Crippen LogP contribution in [0, 0.1) is 0 Å². The minimum atomic E-state index is -0.462. The van der Waals surface area contributed by atoms with Crippen molar-refractivity contribution in [1.29, 1.82) is 0 Å². The average molecular weight is 293 g/mol. The van der Waals surface area contributed by atoms with Crippen LogP contribution in [-0.2, 0) is 4.74 Å². The van der Waals surface area contributed by atoms with Crippen LogP contribution in [0.1, 0.15) is 38.4 Å². The summed E-state index contributed by atoms with van der Waals surface area (Å²) in [7, 11) is 0. The first-order valence-electron chi connectivity index (χ1n) is 7.94. The molecule has 0 radical (unpaired) electrons. The lowest BCUT2D eigenvalue weighted by Gasteiger charge is -2.24. The fourth-order valence-corrected chi connectivity index (χ4v) is 2.60. The molecule has 1 aliphatic rings. The van der Waals surface area contributed by atoms with Crippen LogP contribution in [0.25, 0.3) is 0 Å². The van der Waals surface area contributed by atoms with Crippen LogP contribution in [0.4, 0.5) is 0 Å². The monoisotopic (exact) mass is 293 g/mol. The van der Waals surface area contributed by atoms with E-state index in [2.05, 4.69) is 18.7 Å². The van der Waals surface area contributed by atoms with E-state index in [1.54, 1.807) is 0 Å². The summed E-state index contributed by atoms with van der Waals surface area (Å²) < 4.78 is 11.2. The van der Waals surface area contributed by atoms with Gasteiger partial charge in [0.2, 0.25) is 0 Å². The van der Waals surface area contributed by atoms with Crippen LogP contribution in [0.2, 0.25) is 0 Å². The maximum Gasteiger partial charge on any atom is 0.119 e. The van der Waals surface area contributed by atoms with Crippen molar-refractivity contribution < 1.29 is 14.6 Å². The third-order valence-electron chi connectivity index (χ3n) is 3.71. The number of hydrogen-bond donors (Lipinski definition) is 1. The molecule has 0 saturated carbocycles. The normalized spacial score (nSPS) is 21.8. The molecule has 0 amide bonds. The van der Waals surface area contributed by atoms with Gasteiger partial charge in [-0.05, 0) is 37.5 Å². The first-order valence-corrected chi connectivity index (χ1v) is 7.94. The summed E-state index contributed by atoms with van der Waals surface area (Å²) in [6.45, 7) is 8.25. The second kappa shape index (κ2) is 8.37. The Labute approximate surface area is 127 Å². The molecule has 1 aromatic carbocycles. The Morgan fingerprint density at radius 2 is 2.14 bits per heavy atom. The number of nitrogens with zero attached hydrogens (tertiary/aromatic N) is 1. The maximum atomic E-state index is 10.4. The Balaban J connectivity index is 1.88. The van der Waals surface area contributed by atoms with Crippen molar-refractivity contribution >= 4 is 0 Å². The third-order valence-corrected chi connectivity index (χ3v) is 3.71. The molecule has 1 saturated heterocycles. The highest BCUT2D eigenvalue weighted by atomic mass is 16.5. The van der Waals surface area contributed by atoms with E-state index in [4.69, 9.17) is 9.47 Å². The van der Waals surface area contributed by atoms with E-state index in [0.29, 0.717) is 6.54 Å². The van der Waals surface area contributed by atoms with Gasteiger partial charge in [-0.1, -0.05) is 19.1 Å². The number of benzene rings is 1. The van der Waals surface area contributed by atoms with Gasteiger partial charge >= 0.3 is 0 Å². The van der Waals surface area contributed by atoms with E-state index in [1.165, 1.54) is 0 Å². The van der Waals surface area contributed by atoms with Crippen molar-refractivity contribution in [2.75, 3.05) is 32.8 Å². The summed E-state index contributed by atoms with van der Waals surface area (Å²) in [5.41, 5.74) is 0.941. The van der Waals surface area contributed by atoms with E-state index >= 15 is 0 Å². The second-order valence-electron chi connectivity index (χ2n) is 5.73. The third kappa shape index (κ3) is 5.30. The Hall–Kier alpha value is -1.10. The topological polar surface area (TPSA) is 41.9 Å². The number of ether oxygens (including phenoxy) is 2. The van der Waals surface area contributed by atoms with Gasteiger partial charge < -0.3 is 14.6 Å². The molecule has 1 heterocycles. The predicted molar refractivity (Wildman–Crippen MR) is 83.7 cm³/mol. The minimum absolute atomic E-state index is 0.240. The first kappa shape index (κ1) is 16.3. The molecular weight excluding hydrogens is 266 g/mol. The van der Waals surface area contributed by atoms with Crippen molar-refractivity contribution in [3.63, 3.8) is 0 Å². The standard InChI is InChI=1S/C17H27NO3/c1-3-10-21-16-7-5-15(6-8-16)17(19)13-18-9-4-11-20-14(2)12-18/h5-8,14,17,19H,3-4,9-13H2,1-2H3. The molecule has 1 aromatic rings. The molecule has 4 nitrogen and oxygen atoms in total. The second-order valence-corrected chi connectivity index (χ2v) is 5.73. The van der Waals surface area contributed by atoms with Crippen LogP contribution in [-0.4, -0.2) is 49.0 Å². The Morgan fingerprint density at radius 1 is 1.38 bits per heavy atom. The predicted octanol–water partition coefficient (Wildman–Crippen LogP) is 2.62. The lowest BCUT2D eigenvalue weighted by atomic mass is 10.1. The first-order chi connectivity index (χ1) is 10.2. The lowest BCUT2D eigenvalue weighted by Crippen LogP contribution is -2.33. The molecule has 2 rings (SSSR count). The quantitative estimate of drug-likeness (QED) is 0.875. The lowest BCUT2D eigenvalue weighted by molar-refractivity contribution is 0.0562. The molecule has 4 heteroatoms. The highest BCUT2D eigenvalue weighted by Crippen LogP contribution is 2.20. The minimum Gasteiger partial charge on any atom is -0.494 e. The molecule has 0 bridgehead atoms. The molecular formula is C17H27NO3. The molecule has 1 N–H and O–H groups in total. The average Bonchev–Trinajstić information content (AvgIpc) is 2.69. The maximum absolute atomic E-state index is 10.4. The summed E-state index contributed by atoms with van der Waals surface area (Å²) in [6.07, 6.45) is 1.81. The van der Waals surface area contributed by atoms with Crippen LogP contribution >= 0.6 is 0 Å². The van der Waals surface area contributed by atoms with Gasteiger partial charge in [-0.15, -0.1) is 0 Å². The van der Waals surface area contributed by atoms with Crippen molar-refractivity contribution in [2.24, 2.45) is 0 Å². The fourth-order valence-electron chi connectivity index (χ4n) is 2.60. The van der Waals surface area contributed by atoms with Gasteiger partial charge in [0.05, 0.1) is 18.8 Å². The van der Waals surface area contributed by atoms with Gasteiger partial charge in [-0.25, -0.2) is 0 Å². The molecule has 0 spiro atoms. The number of aliphatic hydroxyl groups excluding tert-OH is 1. The molecule has 0 aromatic heterocycles. The highest BCUT2D eigenvalue weighted by Gasteiger charge is 2.18. The van der Waals surface area contributed by atoms with Crippen molar-refractivity contribution in [1.82, 2.24) is 4.90 Å². The number of hydrogen-bond acceptors (Lipinski definition) is 4. The smallest absolute Gasteiger partial charge is 0.119 e. The van der Waals surface area contributed by atoms with Crippen LogP contribution in [0.3, 0.4) is 0 Å². The highest BCUT2D eigenvalue weighted by molar-refractivity contribution is 5.28. The number of rotatable bonds is 6. The summed E-state index contributed by atoms with van der Waals surface area (Å²) >= 11 is 0. The Morgan fingerprint density at radius 3 is 2.86 bits per heavy atom. The number of β-amino-alcohol motifs (C(OH)–C–C–N with tert-alkyl or cyclic N) is 1. The zero-order chi connectivity index (χ0) is 15.1. The largest absolute Gasteiger partial charge is 0.494 e.